The molecule has 0 spiro atoms. The summed E-state index contributed by atoms with van der Waals surface area (Å²) in [7, 11) is 0. The molecule has 0 bridgehead atoms. The summed E-state index contributed by atoms with van der Waals surface area (Å²) in [6.07, 6.45) is 0.00886. The second kappa shape index (κ2) is 8.52. The molecule has 2 heterocycles. The molecular formula is C17H12F2N2O2S3. The molecule has 0 saturated carbocycles. The minimum Gasteiger partial charge on any atom is -0.326 e. The first-order chi connectivity index (χ1) is 12.5. The van der Waals surface area contributed by atoms with Gasteiger partial charge in [-0.2, -0.15) is 0 Å². The number of hydrogen-bond acceptors (Lipinski definition) is 6. The van der Waals surface area contributed by atoms with Crippen molar-refractivity contribution >= 4 is 51.8 Å². The number of thiazole rings is 1. The van der Waals surface area contributed by atoms with Crippen molar-refractivity contribution in [3.05, 3.63) is 63.3 Å². The van der Waals surface area contributed by atoms with Gasteiger partial charge in [-0.1, -0.05) is 17.8 Å². The Kier molecular flexibility index (Phi) is 6.12. The topological polar surface area (TPSA) is 59.1 Å². The predicted octanol–water partition coefficient (Wildman–Crippen LogP) is 4.64. The summed E-state index contributed by atoms with van der Waals surface area (Å²) in [5, 5.41) is 6.09. The summed E-state index contributed by atoms with van der Waals surface area (Å²) in [4.78, 5) is 29.0. The van der Waals surface area contributed by atoms with E-state index < -0.39 is 11.6 Å². The molecule has 0 aliphatic heterocycles. The first kappa shape index (κ1) is 18.7. The number of nitrogens with one attached hydrogen (secondary N) is 1. The third kappa shape index (κ3) is 4.96. The molecule has 0 fully saturated rings. The molecule has 1 N–H and O–H groups in total. The smallest absolute Gasteiger partial charge is 0.230 e. The van der Waals surface area contributed by atoms with Gasteiger partial charge in [-0.05, 0) is 23.6 Å². The number of nitrogens with zero attached hydrogens (tertiary/aromatic N) is 1. The highest BCUT2D eigenvalue weighted by Gasteiger charge is 2.12. The third-order valence-electron chi connectivity index (χ3n) is 3.20. The van der Waals surface area contributed by atoms with Crippen LogP contribution >= 0.6 is 34.4 Å². The minimum absolute atomic E-state index is 0.00886. The van der Waals surface area contributed by atoms with Crippen LogP contribution in [0, 0.1) is 11.6 Å². The van der Waals surface area contributed by atoms with Crippen molar-refractivity contribution in [1.29, 1.82) is 0 Å². The van der Waals surface area contributed by atoms with Gasteiger partial charge < -0.3 is 5.32 Å². The molecule has 9 heteroatoms. The number of thiophene rings is 1. The molecule has 0 aliphatic carbocycles. The number of halogens is 2. The molecule has 3 aromatic rings. The van der Waals surface area contributed by atoms with Crippen molar-refractivity contribution in [2.24, 2.45) is 0 Å². The third-order valence-corrected chi connectivity index (χ3v) is 6.18. The highest BCUT2D eigenvalue weighted by atomic mass is 32.2. The summed E-state index contributed by atoms with van der Waals surface area (Å²) in [6.45, 7) is 0. The van der Waals surface area contributed by atoms with Crippen LogP contribution in [-0.4, -0.2) is 22.4 Å². The maximum atomic E-state index is 13.1. The molecular weight excluding hydrogens is 398 g/mol. The zero-order valence-electron chi connectivity index (χ0n) is 13.2. The molecule has 26 heavy (non-hydrogen) atoms. The summed E-state index contributed by atoms with van der Waals surface area (Å²) >= 11 is 4.08. The van der Waals surface area contributed by atoms with Gasteiger partial charge in [0.15, 0.2) is 21.8 Å². The van der Waals surface area contributed by atoms with Gasteiger partial charge in [-0.25, -0.2) is 13.8 Å². The monoisotopic (exact) mass is 410 g/mol. The van der Waals surface area contributed by atoms with Crippen LogP contribution in [0.2, 0.25) is 0 Å². The number of aromatic nitrogens is 1. The molecule has 134 valence electrons. The molecule has 3 rings (SSSR count). The number of Topliss-reactive ketones (excluding diaryl/α,β-unsaturated/α-hetero) is 1. The zero-order valence-corrected chi connectivity index (χ0v) is 15.6. The number of thioether (sulfide) groups is 1. The van der Waals surface area contributed by atoms with E-state index in [0.717, 1.165) is 12.1 Å². The molecule has 0 saturated heterocycles. The van der Waals surface area contributed by atoms with E-state index >= 15 is 0 Å². The Morgan fingerprint density at radius 3 is 2.73 bits per heavy atom. The molecule has 4 nitrogen and oxygen atoms in total. The van der Waals surface area contributed by atoms with Crippen LogP contribution in [0.15, 0.2) is 45.4 Å². The van der Waals surface area contributed by atoms with Crippen LogP contribution in [0.3, 0.4) is 0 Å². The molecule has 0 atom stereocenters. The average molecular weight is 410 g/mol. The number of ketones is 1. The molecule has 0 radical (unpaired) electrons. The Morgan fingerprint density at radius 2 is 2.00 bits per heavy atom. The summed E-state index contributed by atoms with van der Waals surface area (Å²) in [5.74, 6) is -2.05. The molecule has 0 unspecified atom stereocenters. The van der Waals surface area contributed by atoms with Crippen molar-refractivity contribution in [3.63, 3.8) is 0 Å². The lowest BCUT2D eigenvalue weighted by Crippen LogP contribution is -2.14. The Hall–Kier alpha value is -2.10. The maximum absolute atomic E-state index is 13.1. The van der Waals surface area contributed by atoms with Crippen LogP contribution < -0.4 is 5.32 Å². The van der Waals surface area contributed by atoms with Crippen LogP contribution in [0.4, 0.5) is 14.5 Å². The SMILES string of the molecule is O=C(Cc1csc(SCC(=O)c2cccs2)n1)Nc1ccc(F)c(F)c1. The number of carbonyl (C=O) groups is 2. The number of benzene rings is 1. The van der Waals surface area contributed by atoms with Crippen molar-refractivity contribution in [2.45, 2.75) is 10.8 Å². The first-order valence-corrected chi connectivity index (χ1v) is 10.1. The molecule has 0 aliphatic rings. The van der Waals surface area contributed by atoms with Crippen molar-refractivity contribution in [1.82, 2.24) is 4.98 Å². The molecule has 1 aromatic carbocycles. The maximum Gasteiger partial charge on any atom is 0.230 e. The first-order valence-electron chi connectivity index (χ1n) is 7.40. The van der Waals surface area contributed by atoms with Gasteiger partial charge in [0.25, 0.3) is 0 Å². The van der Waals surface area contributed by atoms with E-state index in [0.29, 0.717) is 14.9 Å². The van der Waals surface area contributed by atoms with E-state index in [1.54, 1.807) is 11.4 Å². The van der Waals surface area contributed by atoms with E-state index in [1.165, 1.54) is 40.5 Å². The lowest BCUT2D eigenvalue weighted by atomic mass is 10.2. The highest BCUT2D eigenvalue weighted by molar-refractivity contribution is 8.01. The van der Waals surface area contributed by atoms with Gasteiger partial charge in [0.1, 0.15) is 0 Å². The Bertz CT molecular complexity index is 926. The highest BCUT2D eigenvalue weighted by Crippen LogP contribution is 2.25. The Balaban J connectivity index is 1.52. The zero-order chi connectivity index (χ0) is 18.5. The van der Waals surface area contributed by atoms with E-state index in [2.05, 4.69) is 10.3 Å². The van der Waals surface area contributed by atoms with Crippen LogP contribution in [-0.2, 0) is 11.2 Å². The van der Waals surface area contributed by atoms with Gasteiger partial charge in [-0.3, -0.25) is 9.59 Å². The standard InChI is InChI=1S/C17H12F2N2O2S3/c18-12-4-3-10(6-13(12)19)20-16(23)7-11-8-25-17(21-11)26-9-14(22)15-2-1-5-24-15/h1-6,8H,7,9H2,(H,20,23). The van der Waals surface area contributed by atoms with Gasteiger partial charge in [-0.15, -0.1) is 22.7 Å². The number of hydrogen-bond donors (Lipinski definition) is 1. The Labute approximate surface area is 160 Å². The summed E-state index contributed by atoms with van der Waals surface area (Å²) in [6, 6.07) is 6.77. The fourth-order valence-corrected chi connectivity index (χ4v) is 4.50. The van der Waals surface area contributed by atoms with E-state index in [9.17, 15) is 18.4 Å². The second-order valence-electron chi connectivity index (χ2n) is 5.15. The van der Waals surface area contributed by atoms with Crippen LogP contribution in [0.1, 0.15) is 15.4 Å². The predicted molar refractivity (Wildman–Crippen MR) is 100 cm³/mol. The van der Waals surface area contributed by atoms with Crippen molar-refractivity contribution in [3.8, 4) is 0 Å². The fraction of sp³-hybridized carbons (Fsp3) is 0.118. The Morgan fingerprint density at radius 1 is 1.15 bits per heavy atom. The number of rotatable bonds is 7. The number of anilines is 1. The lowest BCUT2D eigenvalue weighted by Gasteiger charge is -2.04. The summed E-state index contributed by atoms with van der Waals surface area (Å²) < 4.78 is 26.7. The fourth-order valence-electron chi connectivity index (χ4n) is 2.02. The molecule has 1 amide bonds. The summed E-state index contributed by atoms with van der Waals surface area (Å²) in [5.41, 5.74) is 0.737. The van der Waals surface area contributed by atoms with E-state index in [4.69, 9.17) is 0 Å². The van der Waals surface area contributed by atoms with E-state index in [-0.39, 0.29) is 29.6 Å². The largest absolute Gasteiger partial charge is 0.326 e. The lowest BCUT2D eigenvalue weighted by molar-refractivity contribution is -0.115. The van der Waals surface area contributed by atoms with Crippen LogP contribution in [0.5, 0.6) is 0 Å². The van der Waals surface area contributed by atoms with Crippen LogP contribution in [0.25, 0.3) is 0 Å². The number of amides is 1. The minimum atomic E-state index is -1.02. The van der Waals surface area contributed by atoms with Gasteiger partial charge in [0.05, 0.1) is 22.7 Å². The second-order valence-corrected chi connectivity index (χ2v) is 8.18. The van der Waals surface area contributed by atoms with Gasteiger partial charge in [0, 0.05) is 17.1 Å². The number of carbonyl (C=O) groups excluding carboxylic acids is 2. The van der Waals surface area contributed by atoms with Gasteiger partial charge >= 0.3 is 0 Å². The van der Waals surface area contributed by atoms with Crippen molar-refractivity contribution in [2.75, 3.05) is 11.1 Å². The quantitative estimate of drug-likeness (QED) is 0.455. The molecule has 2 aromatic heterocycles. The normalized spacial score (nSPS) is 10.7. The van der Waals surface area contributed by atoms with Crippen molar-refractivity contribution < 1.29 is 18.4 Å². The average Bonchev–Trinajstić information content (AvgIpc) is 3.28. The van der Waals surface area contributed by atoms with E-state index in [1.807, 2.05) is 11.4 Å². The van der Waals surface area contributed by atoms with Gasteiger partial charge in [0.2, 0.25) is 5.91 Å².